The fraction of sp³-hybridized carbons (Fsp3) is 0.333. The van der Waals surface area contributed by atoms with Gasteiger partial charge in [0.25, 0.3) is 11.8 Å². The van der Waals surface area contributed by atoms with Gasteiger partial charge >= 0.3 is 0 Å². The molecule has 162 valence electrons. The molecule has 0 radical (unpaired) electrons. The highest BCUT2D eigenvalue weighted by Crippen LogP contribution is 2.31. The van der Waals surface area contributed by atoms with Crippen LogP contribution in [0.1, 0.15) is 34.2 Å². The van der Waals surface area contributed by atoms with Crippen molar-refractivity contribution in [3.63, 3.8) is 0 Å². The summed E-state index contributed by atoms with van der Waals surface area (Å²) in [6.07, 6.45) is 2.97. The average Bonchev–Trinajstić information content (AvgIpc) is 3.20. The Morgan fingerprint density at radius 1 is 1.26 bits per heavy atom. The van der Waals surface area contributed by atoms with E-state index >= 15 is 0 Å². The Labute approximate surface area is 176 Å². The van der Waals surface area contributed by atoms with Crippen LogP contribution in [0.15, 0.2) is 30.7 Å². The van der Waals surface area contributed by atoms with E-state index in [1.54, 1.807) is 23.9 Å². The lowest BCUT2D eigenvalue weighted by molar-refractivity contribution is -0.0245. The van der Waals surface area contributed by atoms with Crippen LogP contribution in [0.3, 0.4) is 0 Å². The monoisotopic (exact) mass is 431 g/mol. The number of alkyl halides is 2. The van der Waals surface area contributed by atoms with Crippen molar-refractivity contribution in [1.82, 2.24) is 24.6 Å². The lowest BCUT2D eigenvalue weighted by atomic mass is 10.0. The Hall–Kier alpha value is -3.43. The maximum atomic E-state index is 14.8. The number of hydrogen-bond donors (Lipinski definition) is 0. The summed E-state index contributed by atoms with van der Waals surface area (Å²) in [5.41, 5.74) is 3.00. The standard InChI is InChI=1S/C21H20F3N5O2/c1-12-15(8-28(3)27-12)13-4-5-14(16(22)6-13)7-29-9-17-18(20(29)30)19(26-11-25-17)31-10-21(2,23)24/h4-6,8,11H,7,9-10H2,1-3H3. The zero-order valence-electron chi connectivity index (χ0n) is 17.2. The summed E-state index contributed by atoms with van der Waals surface area (Å²) in [5.74, 6) is -4.22. The first-order valence-electron chi connectivity index (χ1n) is 9.55. The molecule has 3 aromatic rings. The molecule has 0 aliphatic carbocycles. The number of carbonyl (C=O) groups excluding carboxylic acids is 1. The molecule has 1 aliphatic heterocycles. The van der Waals surface area contributed by atoms with E-state index in [2.05, 4.69) is 15.1 Å². The van der Waals surface area contributed by atoms with Crippen molar-refractivity contribution >= 4 is 5.91 Å². The first kappa shape index (κ1) is 20.8. The molecule has 0 spiro atoms. The molecule has 4 rings (SSSR count). The number of rotatable bonds is 6. The fourth-order valence-corrected chi connectivity index (χ4v) is 3.51. The van der Waals surface area contributed by atoms with Crippen molar-refractivity contribution < 1.29 is 22.7 Å². The molecule has 7 nitrogen and oxygen atoms in total. The molecule has 0 unspecified atom stereocenters. The van der Waals surface area contributed by atoms with E-state index in [4.69, 9.17) is 4.74 Å². The summed E-state index contributed by atoms with van der Waals surface area (Å²) < 4.78 is 47.8. The van der Waals surface area contributed by atoms with Gasteiger partial charge in [0, 0.05) is 37.8 Å². The van der Waals surface area contributed by atoms with Crippen LogP contribution in [-0.4, -0.2) is 43.1 Å². The minimum Gasteiger partial charge on any atom is -0.471 e. The molecule has 31 heavy (non-hydrogen) atoms. The van der Waals surface area contributed by atoms with Crippen molar-refractivity contribution in [3.8, 4) is 17.0 Å². The van der Waals surface area contributed by atoms with Crippen molar-refractivity contribution in [3.05, 3.63) is 59.1 Å². The van der Waals surface area contributed by atoms with Gasteiger partial charge in [-0.3, -0.25) is 9.48 Å². The molecular weight excluding hydrogens is 411 g/mol. The number of amides is 1. The van der Waals surface area contributed by atoms with Gasteiger partial charge in [-0.1, -0.05) is 12.1 Å². The molecule has 1 aromatic carbocycles. The quantitative estimate of drug-likeness (QED) is 0.597. The van der Waals surface area contributed by atoms with Gasteiger partial charge in [-0.25, -0.2) is 23.1 Å². The molecule has 0 saturated carbocycles. The van der Waals surface area contributed by atoms with Gasteiger partial charge in [0.05, 0.1) is 17.9 Å². The summed E-state index contributed by atoms with van der Waals surface area (Å²) in [7, 11) is 1.79. The van der Waals surface area contributed by atoms with Crippen LogP contribution < -0.4 is 4.74 Å². The van der Waals surface area contributed by atoms with Gasteiger partial charge in [-0.15, -0.1) is 0 Å². The Balaban J connectivity index is 1.54. The number of ether oxygens (including phenoxy) is 1. The molecule has 3 heterocycles. The SMILES string of the molecule is Cc1nn(C)cc1-c1ccc(CN2Cc3ncnc(OCC(C)(F)F)c3C2=O)c(F)c1. The second-order valence-electron chi connectivity index (χ2n) is 7.63. The Kier molecular flexibility index (Phi) is 5.16. The second-order valence-corrected chi connectivity index (χ2v) is 7.63. The van der Waals surface area contributed by atoms with E-state index in [0.29, 0.717) is 23.7 Å². The summed E-state index contributed by atoms with van der Waals surface area (Å²) in [6, 6.07) is 4.80. The van der Waals surface area contributed by atoms with Crippen molar-refractivity contribution in [2.24, 2.45) is 7.05 Å². The molecule has 10 heteroatoms. The maximum absolute atomic E-state index is 14.8. The first-order chi connectivity index (χ1) is 14.6. The molecule has 1 aliphatic rings. The lowest BCUT2D eigenvalue weighted by Crippen LogP contribution is -2.25. The van der Waals surface area contributed by atoms with Crippen LogP contribution in [-0.2, 0) is 20.1 Å². The smallest absolute Gasteiger partial charge is 0.278 e. The molecule has 0 saturated heterocycles. The van der Waals surface area contributed by atoms with E-state index < -0.39 is 24.3 Å². The number of carbonyl (C=O) groups is 1. The number of aryl methyl sites for hydroxylation is 2. The summed E-state index contributed by atoms with van der Waals surface area (Å²) in [5, 5.41) is 4.26. The highest BCUT2D eigenvalue weighted by molar-refractivity contribution is 5.99. The number of fused-ring (bicyclic) bond motifs is 1. The lowest BCUT2D eigenvalue weighted by Gasteiger charge is -2.16. The van der Waals surface area contributed by atoms with E-state index in [1.807, 2.05) is 13.1 Å². The summed E-state index contributed by atoms with van der Waals surface area (Å²) in [4.78, 5) is 22.1. The second kappa shape index (κ2) is 7.68. The van der Waals surface area contributed by atoms with Gasteiger partial charge in [0.1, 0.15) is 17.7 Å². The number of benzene rings is 1. The molecule has 1 amide bonds. The number of aromatic nitrogens is 4. The largest absolute Gasteiger partial charge is 0.471 e. The number of halogens is 3. The van der Waals surface area contributed by atoms with E-state index in [1.165, 1.54) is 11.0 Å². The van der Waals surface area contributed by atoms with Crippen molar-refractivity contribution in [2.45, 2.75) is 32.9 Å². The molecule has 2 aromatic heterocycles. The third kappa shape index (κ3) is 4.23. The van der Waals surface area contributed by atoms with E-state index in [-0.39, 0.29) is 24.5 Å². The summed E-state index contributed by atoms with van der Waals surface area (Å²) >= 11 is 0. The fourth-order valence-electron chi connectivity index (χ4n) is 3.51. The predicted molar refractivity (Wildman–Crippen MR) is 105 cm³/mol. The first-order valence-corrected chi connectivity index (χ1v) is 9.55. The molecule has 0 N–H and O–H groups in total. The van der Waals surface area contributed by atoms with Crippen LogP contribution in [0, 0.1) is 12.7 Å². The topological polar surface area (TPSA) is 73.1 Å². The summed E-state index contributed by atoms with van der Waals surface area (Å²) in [6.45, 7) is 1.75. The minimum absolute atomic E-state index is 0.00327. The zero-order chi connectivity index (χ0) is 22.3. The van der Waals surface area contributed by atoms with E-state index in [9.17, 15) is 18.0 Å². The van der Waals surface area contributed by atoms with Gasteiger partial charge in [0.15, 0.2) is 6.61 Å². The number of hydrogen-bond acceptors (Lipinski definition) is 5. The Morgan fingerprint density at radius 2 is 2.03 bits per heavy atom. The predicted octanol–water partition coefficient (Wildman–Crippen LogP) is 3.51. The van der Waals surface area contributed by atoms with Gasteiger partial charge in [0.2, 0.25) is 5.88 Å². The third-order valence-electron chi connectivity index (χ3n) is 4.93. The minimum atomic E-state index is -3.07. The Morgan fingerprint density at radius 3 is 2.68 bits per heavy atom. The average molecular weight is 431 g/mol. The zero-order valence-corrected chi connectivity index (χ0v) is 17.2. The number of nitrogens with zero attached hydrogens (tertiary/aromatic N) is 5. The van der Waals surface area contributed by atoms with Crippen LogP contribution in [0.5, 0.6) is 5.88 Å². The van der Waals surface area contributed by atoms with E-state index in [0.717, 1.165) is 17.6 Å². The van der Waals surface area contributed by atoms with Crippen LogP contribution in [0.4, 0.5) is 13.2 Å². The van der Waals surface area contributed by atoms with Crippen LogP contribution in [0.2, 0.25) is 0 Å². The normalized spacial score (nSPS) is 13.6. The van der Waals surface area contributed by atoms with Crippen molar-refractivity contribution in [1.29, 1.82) is 0 Å². The highest BCUT2D eigenvalue weighted by atomic mass is 19.3. The van der Waals surface area contributed by atoms with Gasteiger partial charge < -0.3 is 9.64 Å². The Bertz CT molecular complexity index is 1160. The molecule has 0 atom stereocenters. The highest BCUT2D eigenvalue weighted by Gasteiger charge is 2.34. The van der Waals surface area contributed by atoms with Crippen molar-refractivity contribution in [2.75, 3.05) is 6.61 Å². The maximum Gasteiger partial charge on any atom is 0.278 e. The molecular formula is C21H20F3N5O2. The van der Waals surface area contributed by atoms with Gasteiger partial charge in [-0.05, 0) is 18.6 Å². The van der Waals surface area contributed by atoms with Crippen LogP contribution in [0.25, 0.3) is 11.1 Å². The van der Waals surface area contributed by atoms with Gasteiger partial charge in [-0.2, -0.15) is 5.10 Å². The molecule has 0 bridgehead atoms. The third-order valence-corrected chi connectivity index (χ3v) is 4.93. The van der Waals surface area contributed by atoms with Crippen LogP contribution >= 0.6 is 0 Å². The molecule has 0 fully saturated rings.